The number of aromatic nitrogens is 2. The molecule has 0 radical (unpaired) electrons. The number of sulfonamides is 1. The van der Waals surface area contributed by atoms with Crippen LogP contribution in [0.5, 0.6) is 5.75 Å². The van der Waals surface area contributed by atoms with Crippen molar-refractivity contribution in [3.8, 4) is 16.9 Å². The van der Waals surface area contributed by atoms with Gasteiger partial charge in [0.2, 0.25) is 10.0 Å². The number of hydrogen-bond donors (Lipinski definition) is 2. The van der Waals surface area contributed by atoms with Gasteiger partial charge in [-0.25, -0.2) is 13.4 Å². The molecule has 3 heterocycles. The van der Waals surface area contributed by atoms with Crippen LogP contribution in [0.15, 0.2) is 41.6 Å². The van der Waals surface area contributed by atoms with E-state index in [2.05, 4.69) is 20.0 Å². The summed E-state index contributed by atoms with van der Waals surface area (Å²) in [7, 11) is -0.920. The number of halogens is 3. The Hall–Kier alpha value is -3.16. The van der Waals surface area contributed by atoms with E-state index in [-0.39, 0.29) is 24.6 Å². The van der Waals surface area contributed by atoms with Crippen LogP contribution in [-0.4, -0.2) is 80.1 Å². The van der Waals surface area contributed by atoms with Crippen LogP contribution in [0.4, 0.5) is 13.2 Å². The van der Waals surface area contributed by atoms with Gasteiger partial charge in [0, 0.05) is 56.6 Å². The third-order valence-electron chi connectivity index (χ3n) is 5.59. The molecule has 9 nitrogen and oxygen atoms in total. The molecule has 1 aliphatic rings. The molecule has 2 aromatic heterocycles. The van der Waals surface area contributed by atoms with Crippen LogP contribution in [0.3, 0.4) is 0 Å². The highest BCUT2D eigenvalue weighted by atomic mass is 32.2. The first kappa shape index (κ1) is 24.0. The van der Waals surface area contributed by atoms with Gasteiger partial charge in [-0.2, -0.15) is 4.31 Å². The molecule has 4 rings (SSSR count). The monoisotopic (exact) mass is 497 g/mol. The number of carbonyl (C=O) groups excluding carboxylic acids is 1. The van der Waals surface area contributed by atoms with Crippen molar-refractivity contribution in [3.63, 3.8) is 0 Å². The zero-order chi connectivity index (χ0) is 24.7. The summed E-state index contributed by atoms with van der Waals surface area (Å²) in [5.74, 6) is -1.19. The Bertz CT molecular complexity index is 1330. The lowest BCUT2D eigenvalue weighted by molar-refractivity contribution is -0.275. The second-order valence-electron chi connectivity index (χ2n) is 7.82. The summed E-state index contributed by atoms with van der Waals surface area (Å²) in [4.78, 5) is 20.5. The summed E-state index contributed by atoms with van der Waals surface area (Å²) in [5.41, 5.74) is 1.36. The molecule has 0 saturated carbocycles. The maximum Gasteiger partial charge on any atom is 0.573 e. The predicted molar refractivity (Wildman–Crippen MR) is 118 cm³/mol. The number of ether oxygens (including phenoxy) is 1. The minimum atomic E-state index is -5.10. The first-order chi connectivity index (χ1) is 16.0. The lowest BCUT2D eigenvalue weighted by Crippen LogP contribution is -2.47. The summed E-state index contributed by atoms with van der Waals surface area (Å²) in [5, 5.41) is 2.97. The fraction of sp³-hybridized carbons (Fsp3) is 0.333. The van der Waals surface area contributed by atoms with Gasteiger partial charge in [-0.05, 0) is 30.8 Å². The number of benzene rings is 1. The van der Waals surface area contributed by atoms with Gasteiger partial charge in [-0.3, -0.25) is 4.79 Å². The molecule has 182 valence electrons. The molecule has 0 spiro atoms. The predicted octanol–water partition coefficient (Wildman–Crippen LogP) is 2.42. The Kier molecular flexibility index (Phi) is 6.27. The molecule has 0 unspecified atom stereocenters. The second kappa shape index (κ2) is 8.89. The van der Waals surface area contributed by atoms with Crippen LogP contribution >= 0.6 is 0 Å². The molecule has 0 bridgehead atoms. The van der Waals surface area contributed by atoms with Gasteiger partial charge in [0.15, 0.2) is 0 Å². The Balaban J connectivity index is 1.78. The number of nitrogens with one attached hydrogen (secondary N) is 2. The quantitative estimate of drug-likeness (QED) is 0.561. The lowest BCUT2D eigenvalue weighted by atomic mass is 10.1. The van der Waals surface area contributed by atoms with Gasteiger partial charge in [0.1, 0.15) is 16.3 Å². The SMILES string of the molecule is CNC(=O)c1c[nH]c2ncc(-c3ccc(S(=O)(=O)N4CCN(C)CC4)c(OC(F)(F)F)c3)cc12. The molecule has 0 aliphatic carbocycles. The maximum absolute atomic E-state index is 13.2. The first-order valence-corrected chi connectivity index (χ1v) is 11.7. The minimum Gasteiger partial charge on any atom is -0.404 e. The van der Waals surface area contributed by atoms with E-state index in [4.69, 9.17) is 0 Å². The van der Waals surface area contributed by atoms with Crippen molar-refractivity contribution in [2.75, 3.05) is 40.3 Å². The highest BCUT2D eigenvalue weighted by Gasteiger charge is 2.36. The zero-order valence-corrected chi connectivity index (χ0v) is 19.1. The highest BCUT2D eigenvalue weighted by molar-refractivity contribution is 7.89. The number of H-pyrrole nitrogens is 1. The summed E-state index contributed by atoms with van der Waals surface area (Å²) in [6, 6.07) is 5.10. The van der Waals surface area contributed by atoms with E-state index in [1.165, 1.54) is 25.5 Å². The van der Waals surface area contributed by atoms with Gasteiger partial charge < -0.3 is 19.9 Å². The second-order valence-corrected chi connectivity index (χ2v) is 9.72. The molecule has 1 amide bonds. The van der Waals surface area contributed by atoms with Crippen LogP contribution in [0, 0.1) is 0 Å². The molecule has 1 fully saturated rings. The Morgan fingerprint density at radius 1 is 1.15 bits per heavy atom. The van der Waals surface area contributed by atoms with E-state index in [0.717, 1.165) is 16.4 Å². The average molecular weight is 497 g/mol. The summed E-state index contributed by atoms with van der Waals surface area (Å²) >= 11 is 0. The van der Waals surface area contributed by atoms with Crippen molar-refractivity contribution in [1.29, 1.82) is 0 Å². The zero-order valence-electron chi connectivity index (χ0n) is 18.3. The molecular formula is C21H22F3N5O4S. The molecule has 34 heavy (non-hydrogen) atoms. The number of fused-ring (bicyclic) bond motifs is 1. The van der Waals surface area contributed by atoms with Crippen molar-refractivity contribution in [2.24, 2.45) is 0 Å². The number of nitrogens with zero attached hydrogens (tertiary/aromatic N) is 3. The topological polar surface area (TPSA) is 108 Å². The minimum absolute atomic E-state index is 0.155. The number of carbonyl (C=O) groups is 1. The van der Waals surface area contributed by atoms with Crippen molar-refractivity contribution in [2.45, 2.75) is 11.3 Å². The van der Waals surface area contributed by atoms with Crippen molar-refractivity contribution in [1.82, 2.24) is 24.5 Å². The number of likely N-dealkylation sites (N-methyl/N-ethyl adjacent to an activating group) is 1. The summed E-state index contributed by atoms with van der Waals surface area (Å²) in [6.45, 7) is 1.23. The van der Waals surface area contributed by atoms with Crippen LogP contribution < -0.4 is 10.1 Å². The van der Waals surface area contributed by atoms with E-state index in [0.29, 0.717) is 35.2 Å². The fourth-order valence-electron chi connectivity index (χ4n) is 3.76. The molecule has 1 aromatic carbocycles. The Labute approximate surface area is 193 Å². The smallest absolute Gasteiger partial charge is 0.404 e. The standard InChI is InChI=1S/C21H22F3N5O4S/c1-25-20(30)16-12-27-19-15(16)9-14(11-26-19)13-3-4-18(17(10-13)33-21(22,23)24)34(31,32)29-7-5-28(2)6-8-29/h3-4,9-12H,5-8H2,1-2H3,(H,25,30)(H,26,27). The number of rotatable bonds is 5. The number of aromatic amines is 1. The normalized spacial score (nSPS) is 16.0. The third-order valence-corrected chi connectivity index (χ3v) is 7.52. The van der Waals surface area contributed by atoms with Crippen molar-refractivity contribution in [3.05, 3.63) is 42.2 Å². The van der Waals surface area contributed by atoms with E-state index in [1.54, 1.807) is 6.07 Å². The first-order valence-electron chi connectivity index (χ1n) is 10.3. The van der Waals surface area contributed by atoms with Gasteiger partial charge in [0.05, 0.1) is 5.56 Å². The van der Waals surface area contributed by atoms with Crippen LogP contribution in [-0.2, 0) is 10.0 Å². The molecule has 3 aromatic rings. The van der Waals surface area contributed by atoms with E-state index in [9.17, 15) is 26.4 Å². The number of amides is 1. The van der Waals surface area contributed by atoms with Crippen LogP contribution in [0.25, 0.3) is 22.2 Å². The Morgan fingerprint density at radius 3 is 2.50 bits per heavy atom. The Morgan fingerprint density at radius 2 is 1.85 bits per heavy atom. The van der Waals surface area contributed by atoms with Crippen LogP contribution in [0.1, 0.15) is 10.4 Å². The van der Waals surface area contributed by atoms with Crippen molar-refractivity contribution >= 4 is 27.0 Å². The largest absolute Gasteiger partial charge is 0.573 e. The molecule has 1 aliphatic heterocycles. The van der Waals surface area contributed by atoms with E-state index < -0.39 is 27.0 Å². The van der Waals surface area contributed by atoms with Gasteiger partial charge in [-0.15, -0.1) is 13.2 Å². The van der Waals surface area contributed by atoms with Gasteiger partial charge >= 0.3 is 6.36 Å². The maximum atomic E-state index is 13.2. The fourth-order valence-corrected chi connectivity index (χ4v) is 5.27. The van der Waals surface area contributed by atoms with E-state index >= 15 is 0 Å². The van der Waals surface area contributed by atoms with E-state index in [1.807, 2.05) is 11.9 Å². The summed E-state index contributed by atoms with van der Waals surface area (Å²) in [6.07, 6.45) is -2.21. The third kappa shape index (κ3) is 4.72. The summed E-state index contributed by atoms with van der Waals surface area (Å²) < 4.78 is 71.1. The number of pyridine rings is 1. The molecule has 0 atom stereocenters. The molecule has 2 N–H and O–H groups in total. The lowest BCUT2D eigenvalue weighted by Gasteiger charge is -2.32. The number of alkyl halides is 3. The average Bonchev–Trinajstić information content (AvgIpc) is 3.21. The van der Waals surface area contributed by atoms with Crippen molar-refractivity contribution < 1.29 is 31.1 Å². The van der Waals surface area contributed by atoms with Crippen LogP contribution in [0.2, 0.25) is 0 Å². The van der Waals surface area contributed by atoms with Gasteiger partial charge in [-0.1, -0.05) is 6.07 Å². The number of hydrogen-bond acceptors (Lipinski definition) is 6. The molecular weight excluding hydrogens is 475 g/mol. The number of piperazine rings is 1. The van der Waals surface area contributed by atoms with Gasteiger partial charge in [0.25, 0.3) is 5.91 Å². The molecule has 13 heteroatoms. The molecule has 1 saturated heterocycles. The highest BCUT2D eigenvalue weighted by Crippen LogP contribution is 2.36.